The third-order valence-electron chi connectivity index (χ3n) is 4.36. The summed E-state index contributed by atoms with van der Waals surface area (Å²) in [5.41, 5.74) is 2.46. The van der Waals surface area contributed by atoms with Crippen molar-refractivity contribution in [1.82, 2.24) is 10.2 Å². The van der Waals surface area contributed by atoms with Crippen LogP contribution in [0.3, 0.4) is 0 Å². The fraction of sp³-hybridized carbons (Fsp3) is 0.562. The lowest BCUT2D eigenvalue weighted by Gasteiger charge is -2.30. The summed E-state index contributed by atoms with van der Waals surface area (Å²) in [7, 11) is 2.12. The van der Waals surface area contributed by atoms with Crippen LogP contribution in [0.15, 0.2) is 24.3 Å². The summed E-state index contributed by atoms with van der Waals surface area (Å²) < 4.78 is 0. The Bertz CT molecular complexity index is 488. The third kappa shape index (κ3) is 2.96. The lowest BCUT2D eigenvalue weighted by atomic mass is 9.97. The normalized spacial score (nSPS) is 25.9. The number of amides is 1. The van der Waals surface area contributed by atoms with Crippen LogP contribution in [0.2, 0.25) is 0 Å². The van der Waals surface area contributed by atoms with Crippen molar-refractivity contribution in [3.63, 3.8) is 0 Å². The highest BCUT2D eigenvalue weighted by atomic mass is 16.1. The molecule has 1 aromatic carbocycles. The van der Waals surface area contributed by atoms with Crippen LogP contribution in [-0.4, -0.2) is 43.5 Å². The molecule has 2 aliphatic heterocycles. The zero-order valence-electron chi connectivity index (χ0n) is 12.1. The maximum atomic E-state index is 12.2. The molecule has 1 saturated heterocycles. The van der Waals surface area contributed by atoms with Crippen LogP contribution in [0.5, 0.6) is 0 Å². The number of fused-ring (bicyclic) bond motifs is 1. The highest BCUT2D eigenvalue weighted by Crippen LogP contribution is 2.33. The van der Waals surface area contributed by atoms with Crippen molar-refractivity contribution in [1.29, 1.82) is 0 Å². The number of nitrogens with one attached hydrogen (secondary N) is 2. The van der Waals surface area contributed by atoms with Crippen molar-refractivity contribution in [3.05, 3.63) is 29.8 Å². The Balaban J connectivity index is 1.55. The minimum Gasteiger partial charge on any atom is -0.384 e. The van der Waals surface area contributed by atoms with Crippen LogP contribution in [-0.2, 0) is 4.79 Å². The number of anilines is 1. The second-order valence-electron chi connectivity index (χ2n) is 6.04. The van der Waals surface area contributed by atoms with Crippen molar-refractivity contribution in [2.24, 2.45) is 0 Å². The molecule has 4 heteroatoms. The highest BCUT2D eigenvalue weighted by Gasteiger charge is 2.25. The van der Waals surface area contributed by atoms with Crippen molar-refractivity contribution in [2.75, 3.05) is 32.0 Å². The summed E-state index contributed by atoms with van der Waals surface area (Å²) in [6.07, 6.45) is 2.87. The first-order valence-corrected chi connectivity index (χ1v) is 7.53. The van der Waals surface area contributed by atoms with Crippen LogP contribution in [0.4, 0.5) is 5.69 Å². The maximum Gasteiger partial charge on any atom is 0.220 e. The lowest BCUT2D eigenvalue weighted by molar-refractivity contribution is -0.122. The van der Waals surface area contributed by atoms with Gasteiger partial charge >= 0.3 is 0 Å². The third-order valence-corrected chi connectivity index (χ3v) is 4.36. The second-order valence-corrected chi connectivity index (χ2v) is 6.04. The molecule has 4 nitrogen and oxygen atoms in total. The van der Waals surface area contributed by atoms with Gasteiger partial charge in [0.15, 0.2) is 0 Å². The zero-order valence-corrected chi connectivity index (χ0v) is 12.1. The number of carbonyl (C=O) groups excluding carboxylic acids is 1. The molecule has 2 unspecified atom stereocenters. The van der Waals surface area contributed by atoms with Crippen molar-refractivity contribution in [2.45, 2.75) is 31.2 Å². The van der Waals surface area contributed by atoms with E-state index in [0.29, 0.717) is 18.4 Å². The van der Waals surface area contributed by atoms with Gasteiger partial charge in [-0.1, -0.05) is 18.2 Å². The molecule has 0 aliphatic carbocycles. The average molecular weight is 273 g/mol. The van der Waals surface area contributed by atoms with Gasteiger partial charge in [0.25, 0.3) is 0 Å². The molecule has 1 amide bonds. The summed E-state index contributed by atoms with van der Waals surface area (Å²) in [6.45, 7) is 2.99. The molecule has 108 valence electrons. The molecular weight excluding hydrogens is 250 g/mol. The van der Waals surface area contributed by atoms with E-state index in [1.165, 1.54) is 17.7 Å². The van der Waals surface area contributed by atoms with Crippen LogP contribution < -0.4 is 10.6 Å². The topological polar surface area (TPSA) is 44.4 Å². The minimum absolute atomic E-state index is 0.189. The van der Waals surface area contributed by atoms with Gasteiger partial charge < -0.3 is 15.5 Å². The molecule has 3 rings (SSSR count). The Hall–Kier alpha value is -1.55. The average Bonchev–Trinajstić information content (AvgIpc) is 2.82. The Morgan fingerprint density at radius 1 is 1.45 bits per heavy atom. The molecule has 0 aromatic heterocycles. The molecular formula is C16H23N3O. The fourth-order valence-corrected chi connectivity index (χ4v) is 3.33. The van der Waals surface area contributed by atoms with Gasteiger partial charge in [-0.25, -0.2) is 0 Å². The minimum atomic E-state index is 0.189. The number of benzene rings is 1. The van der Waals surface area contributed by atoms with Gasteiger partial charge in [0, 0.05) is 37.2 Å². The summed E-state index contributed by atoms with van der Waals surface area (Å²) in [5.74, 6) is 0.501. The van der Waals surface area contributed by atoms with Gasteiger partial charge in [-0.3, -0.25) is 4.79 Å². The van der Waals surface area contributed by atoms with Crippen molar-refractivity contribution >= 4 is 11.6 Å². The number of hydrogen-bond acceptors (Lipinski definition) is 3. The van der Waals surface area contributed by atoms with E-state index in [4.69, 9.17) is 0 Å². The van der Waals surface area contributed by atoms with Gasteiger partial charge in [0.2, 0.25) is 5.91 Å². The first kappa shape index (κ1) is 13.4. The van der Waals surface area contributed by atoms with Crippen LogP contribution in [0.25, 0.3) is 0 Å². The van der Waals surface area contributed by atoms with E-state index in [2.05, 4.69) is 34.7 Å². The van der Waals surface area contributed by atoms with Gasteiger partial charge in [0.05, 0.1) is 0 Å². The molecule has 0 bridgehead atoms. The number of nitrogens with zero attached hydrogens (tertiary/aromatic N) is 1. The molecule has 1 aromatic rings. The van der Waals surface area contributed by atoms with E-state index in [1.807, 2.05) is 12.1 Å². The molecule has 2 aliphatic rings. The van der Waals surface area contributed by atoms with Crippen molar-refractivity contribution < 1.29 is 4.79 Å². The zero-order chi connectivity index (χ0) is 13.9. The first-order chi connectivity index (χ1) is 9.72. The highest BCUT2D eigenvalue weighted by molar-refractivity contribution is 5.78. The van der Waals surface area contributed by atoms with E-state index in [0.717, 1.165) is 26.1 Å². The summed E-state index contributed by atoms with van der Waals surface area (Å²) in [4.78, 5) is 14.5. The molecule has 2 heterocycles. The Labute approximate surface area is 120 Å². The van der Waals surface area contributed by atoms with E-state index in [1.54, 1.807) is 0 Å². The molecule has 1 fully saturated rings. The SMILES string of the molecule is CN1CCCC(NC(=O)CC2CNc3ccccc32)C1. The van der Waals surface area contributed by atoms with Gasteiger partial charge in [-0.05, 0) is 38.1 Å². The summed E-state index contributed by atoms with van der Waals surface area (Å²) in [6, 6.07) is 8.62. The van der Waals surface area contributed by atoms with Gasteiger partial charge in [0.1, 0.15) is 0 Å². The standard InChI is InChI=1S/C16H23N3O/c1-19-8-4-5-13(11-19)18-16(20)9-12-10-17-15-7-3-2-6-14(12)15/h2-3,6-7,12-13,17H,4-5,8-11H2,1H3,(H,18,20). The predicted octanol–water partition coefficient (Wildman–Crippen LogP) is 1.80. The lowest BCUT2D eigenvalue weighted by Crippen LogP contribution is -2.46. The number of piperidine rings is 1. The van der Waals surface area contributed by atoms with E-state index in [9.17, 15) is 4.79 Å². The fourth-order valence-electron chi connectivity index (χ4n) is 3.33. The maximum absolute atomic E-state index is 12.2. The van der Waals surface area contributed by atoms with E-state index in [-0.39, 0.29) is 5.91 Å². The Kier molecular flexibility index (Phi) is 3.92. The number of carbonyl (C=O) groups is 1. The molecule has 0 radical (unpaired) electrons. The smallest absolute Gasteiger partial charge is 0.220 e. The number of likely N-dealkylation sites (tertiary alicyclic amines) is 1. The molecule has 2 N–H and O–H groups in total. The number of hydrogen-bond donors (Lipinski definition) is 2. The largest absolute Gasteiger partial charge is 0.384 e. The molecule has 20 heavy (non-hydrogen) atoms. The monoisotopic (exact) mass is 273 g/mol. The Morgan fingerprint density at radius 3 is 3.15 bits per heavy atom. The van der Waals surface area contributed by atoms with Crippen molar-refractivity contribution in [3.8, 4) is 0 Å². The second kappa shape index (κ2) is 5.83. The summed E-state index contributed by atoms with van der Waals surface area (Å²) in [5, 5.41) is 6.58. The van der Waals surface area contributed by atoms with E-state index < -0.39 is 0 Å². The quantitative estimate of drug-likeness (QED) is 0.882. The predicted molar refractivity (Wildman–Crippen MR) is 81.0 cm³/mol. The van der Waals surface area contributed by atoms with Crippen LogP contribution in [0, 0.1) is 0 Å². The molecule has 0 spiro atoms. The van der Waals surface area contributed by atoms with Gasteiger partial charge in [-0.2, -0.15) is 0 Å². The van der Waals surface area contributed by atoms with E-state index >= 15 is 0 Å². The molecule has 2 atom stereocenters. The van der Waals surface area contributed by atoms with Gasteiger partial charge in [-0.15, -0.1) is 0 Å². The number of para-hydroxylation sites is 1. The van der Waals surface area contributed by atoms with Crippen LogP contribution in [0.1, 0.15) is 30.7 Å². The summed E-state index contributed by atoms with van der Waals surface area (Å²) >= 11 is 0. The van der Waals surface area contributed by atoms with Crippen LogP contribution >= 0.6 is 0 Å². The first-order valence-electron chi connectivity index (χ1n) is 7.53. The Morgan fingerprint density at radius 2 is 2.30 bits per heavy atom. The number of rotatable bonds is 3. The molecule has 0 saturated carbocycles. The number of likely N-dealkylation sites (N-methyl/N-ethyl adjacent to an activating group) is 1.